The van der Waals surface area contributed by atoms with Gasteiger partial charge in [-0.15, -0.1) is 0 Å². The molecule has 1 saturated heterocycles. The quantitative estimate of drug-likeness (QED) is 0.665. The van der Waals surface area contributed by atoms with Gasteiger partial charge in [-0.1, -0.05) is 54.6 Å². The molecule has 144 valence electrons. The zero-order chi connectivity index (χ0) is 19.2. The molecule has 3 aromatic rings. The molecule has 1 amide bonds. The normalized spacial score (nSPS) is 15.4. The van der Waals surface area contributed by atoms with Crippen LogP contribution in [0.25, 0.3) is 11.1 Å². The van der Waals surface area contributed by atoms with Crippen LogP contribution >= 0.6 is 0 Å². The zero-order valence-corrected chi connectivity index (χ0v) is 16.0. The van der Waals surface area contributed by atoms with E-state index in [1.165, 1.54) is 18.4 Å². The van der Waals surface area contributed by atoms with E-state index in [-0.39, 0.29) is 11.9 Å². The van der Waals surface area contributed by atoms with E-state index in [0.29, 0.717) is 13.0 Å². The van der Waals surface area contributed by atoms with Crippen molar-refractivity contribution in [2.24, 2.45) is 0 Å². The van der Waals surface area contributed by atoms with Gasteiger partial charge < -0.3 is 9.73 Å². The maximum absolute atomic E-state index is 12.5. The lowest BCUT2D eigenvalue weighted by molar-refractivity contribution is -0.120. The first kappa shape index (κ1) is 18.5. The van der Waals surface area contributed by atoms with Crippen molar-refractivity contribution >= 4 is 5.91 Å². The van der Waals surface area contributed by atoms with E-state index in [2.05, 4.69) is 34.5 Å². The van der Waals surface area contributed by atoms with Crippen LogP contribution < -0.4 is 5.32 Å². The molecule has 4 nitrogen and oxygen atoms in total. The fourth-order valence-corrected chi connectivity index (χ4v) is 3.85. The molecule has 1 aliphatic heterocycles. The fraction of sp³-hybridized carbons (Fsp3) is 0.292. The molecule has 1 N–H and O–H groups in total. The van der Waals surface area contributed by atoms with Crippen LogP contribution in [0.15, 0.2) is 77.4 Å². The first-order valence-corrected chi connectivity index (χ1v) is 9.98. The highest BCUT2D eigenvalue weighted by molar-refractivity contribution is 5.79. The first-order chi connectivity index (χ1) is 13.8. The molecule has 1 unspecified atom stereocenters. The summed E-state index contributed by atoms with van der Waals surface area (Å²) in [6.45, 7) is 2.69. The van der Waals surface area contributed by atoms with Crippen LogP contribution in [0, 0.1) is 0 Å². The molecule has 0 bridgehead atoms. The predicted octanol–water partition coefficient (Wildman–Crippen LogP) is 4.44. The van der Waals surface area contributed by atoms with Crippen molar-refractivity contribution in [3.8, 4) is 11.1 Å². The number of hydrogen-bond acceptors (Lipinski definition) is 3. The Hall–Kier alpha value is -2.85. The molecular weight excluding hydrogens is 348 g/mol. The van der Waals surface area contributed by atoms with Gasteiger partial charge in [0.25, 0.3) is 0 Å². The zero-order valence-electron chi connectivity index (χ0n) is 16.0. The fourth-order valence-electron chi connectivity index (χ4n) is 3.85. The molecule has 28 heavy (non-hydrogen) atoms. The summed E-state index contributed by atoms with van der Waals surface area (Å²) in [5.41, 5.74) is 3.37. The van der Waals surface area contributed by atoms with Gasteiger partial charge in [-0.3, -0.25) is 9.69 Å². The molecule has 0 aliphatic carbocycles. The van der Waals surface area contributed by atoms with Crippen LogP contribution in [0.4, 0.5) is 0 Å². The predicted molar refractivity (Wildman–Crippen MR) is 111 cm³/mol. The van der Waals surface area contributed by atoms with Crippen molar-refractivity contribution in [3.05, 3.63) is 84.3 Å². The molecule has 4 rings (SSSR count). The Labute approximate surface area is 166 Å². The molecule has 0 spiro atoms. The highest BCUT2D eigenvalue weighted by atomic mass is 16.3. The van der Waals surface area contributed by atoms with Gasteiger partial charge in [0.15, 0.2) is 0 Å². The van der Waals surface area contributed by atoms with E-state index in [1.807, 2.05) is 42.5 Å². The minimum Gasteiger partial charge on any atom is -0.468 e. The summed E-state index contributed by atoms with van der Waals surface area (Å²) in [5.74, 6) is 0.970. The Kier molecular flexibility index (Phi) is 5.88. The lowest BCUT2D eigenvalue weighted by atomic mass is 10.0. The summed E-state index contributed by atoms with van der Waals surface area (Å²) in [6, 6.07) is 22.5. The molecule has 2 heterocycles. The lowest BCUT2D eigenvalue weighted by Gasteiger charge is -2.26. The van der Waals surface area contributed by atoms with Crippen LogP contribution in [0.5, 0.6) is 0 Å². The van der Waals surface area contributed by atoms with Crippen molar-refractivity contribution < 1.29 is 9.21 Å². The van der Waals surface area contributed by atoms with E-state index < -0.39 is 0 Å². The van der Waals surface area contributed by atoms with Crippen molar-refractivity contribution in [2.45, 2.75) is 25.3 Å². The van der Waals surface area contributed by atoms with E-state index >= 15 is 0 Å². The van der Waals surface area contributed by atoms with Gasteiger partial charge in [0, 0.05) is 6.54 Å². The number of likely N-dealkylation sites (tertiary alicyclic amines) is 1. The summed E-state index contributed by atoms with van der Waals surface area (Å²) >= 11 is 0. The highest BCUT2D eigenvalue weighted by Crippen LogP contribution is 2.25. The molecule has 1 aliphatic rings. The summed E-state index contributed by atoms with van der Waals surface area (Å²) in [5, 5.41) is 3.10. The molecule has 2 aromatic carbocycles. The van der Waals surface area contributed by atoms with Crippen LogP contribution in [0.2, 0.25) is 0 Å². The van der Waals surface area contributed by atoms with Crippen molar-refractivity contribution in [1.82, 2.24) is 10.2 Å². The molecule has 1 aromatic heterocycles. The van der Waals surface area contributed by atoms with E-state index in [9.17, 15) is 4.79 Å². The Morgan fingerprint density at radius 3 is 2.32 bits per heavy atom. The Balaban J connectivity index is 1.34. The van der Waals surface area contributed by atoms with Crippen molar-refractivity contribution in [3.63, 3.8) is 0 Å². The van der Waals surface area contributed by atoms with Crippen LogP contribution in [-0.4, -0.2) is 30.4 Å². The standard InChI is InChI=1S/C24H26N2O2/c27-24(17-19-10-12-21(13-11-19)20-7-2-1-3-8-20)25-18-22(23-9-6-16-28-23)26-14-4-5-15-26/h1-3,6-13,16,22H,4-5,14-15,17-18H2,(H,25,27). The second-order valence-corrected chi connectivity index (χ2v) is 7.32. The Morgan fingerprint density at radius 2 is 1.64 bits per heavy atom. The van der Waals surface area contributed by atoms with Gasteiger partial charge in [0.05, 0.1) is 18.7 Å². The summed E-state index contributed by atoms with van der Waals surface area (Å²) < 4.78 is 5.62. The highest BCUT2D eigenvalue weighted by Gasteiger charge is 2.25. The van der Waals surface area contributed by atoms with Crippen LogP contribution in [0.3, 0.4) is 0 Å². The average molecular weight is 374 g/mol. The van der Waals surface area contributed by atoms with Gasteiger partial charge in [0.1, 0.15) is 5.76 Å². The van der Waals surface area contributed by atoms with Gasteiger partial charge in [-0.05, 0) is 54.8 Å². The van der Waals surface area contributed by atoms with Crippen LogP contribution in [0.1, 0.15) is 30.2 Å². The number of amides is 1. The van der Waals surface area contributed by atoms with E-state index in [4.69, 9.17) is 4.42 Å². The largest absolute Gasteiger partial charge is 0.468 e. The SMILES string of the molecule is O=C(Cc1ccc(-c2ccccc2)cc1)NCC(c1ccco1)N1CCCC1. The third kappa shape index (κ3) is 4.52. The number of rotatable bonds is 7. The van der Waals surface area contributed by atoms with Gasteiger partial charge in [-0.2, -0.15) is 0 Å². The van der Waals surface area contributed by atoms with E-state index in [0.717, 1.165) is 30.0 Å². The first-order valence-electron chi connectivity index (χ1n) is 9.98. The molecular formula is C24H26N2O2. The molecule has 0 radical (unpaired) electrons. The second-order valence-electron chi connectivity index (χ2n) is 7.32. The van der Waals surface area contributed by atoms with Crippen molar-refractivity contribution in [1.29, 1.82) is 0 Å². The topological polar surface area (TPSA) is 45.5 Å². The number of benzene rings is 2. The average Bonchev–Trinajstić information content (AvgIpc) is 3.44. The minimum atomic E-state index is 0.0446. The number of nitrogens with zero attached hydrogens (tertiary/aromatic N) is 1. The number of carbonyl (C=O) groups excluding carboxylic acids is 1. The number of carbonyl (C=O) groups is 1. The Morgan fingerprint density at radius 1 is 0.929 bits per heavy atom. The smallest absolute Gasteiger partial charge is 0.224 e. The van der Waals surface area contributed by atoms with Crippen LogP contribution in [-0.2, 0) is 11.2 Å². The molecule has 1 fully saturated rings. The maximum Gasteiger partial charge on any atom is 0.224 e. The third-order valence-corrected chi connectivity index (χ3v) is 5.37. The van der Waals surface area contributed by atoms with Crippen molar-refractivity contribution in [2.75, 3.05) is 19.6 Å². The number of nitrogens with one attached hydrogen (secondary N) is 1. The minimum absolute atomic E-state index is 0.0446. The third-order valence-electron chi connectivity index (χ3n) is 5.37. The monoisotopic (exact) mass is 374 g/mol. The summed E-state index contributed by atoms with van der Waals surface area (Å²) in [7, 11) is 0. The number of hydrogen-bond donors (Lipinski definition) is 1. The van der Waals surface area contributed by atoms with Gasteiger partial charge >= 0.3 is 0 Å². The molecule has 4 heteroatoms. The Bertz CT molecular complexity index is 867. The second kappa shape index (κ2) is 8.89. The maximum atomic E-state index is 12.5. The lowest BCUT2D eigenvalue weighted by Crippen LogP contribution is -2.37. The van der Waals surface area contributed by atoms with Gasteiger partial charge in [-0.25, -0.2) is 0 Å². The van der Waals surface area contributed by atoms with E-state index in [1.54, 1.807) is 6.26 Å². The molecule has 1 atom stereocenters. The van der Waals surface area contributed by atoms with Gasteiger partial charge in [0.2, 0.25) is 5.91 Å². The number of furan rings is 1. The summed E-state index contributed by atoms with van der Waals surface area (Å²) in [4.78, 5) is 14.9. The molecule has 0 saturated carbocycles. The summed E-state index contributed by atoms with van der Waals surface area (Å²) in [6.07, 6.45) is 4.51.